The summed E-state index contributed by atoms with van der Waals surface area (Å²) >= 11 is 0. The van der Waals surface area contributed by atoms with Gasteiger partial charge in [-0.15, -0.1) is 0 Å². The third-order valence-corrected chi connectivity index (χ3v) is 6.01. The van der Waals surface area contributed by atoms with E-state index >= 15 is 0 Å². The highest BCUT2D eigenvalue weighted by Gasteiger charge is 2.29. The Hall–Kier alpha value is -0.910. The van der Waals surface area contributed by atoms with Gasteiger partial charge < -0.3 is 0 Å². The Bertz CT molecular complexity index is 574. The molecule has 1 fully saturated rings. The van der Waals surface area contributed by atoms with Crippen LogP contribution in [0.1, 0.15) is 25.0 Å². The van der Waals surface area contributed by atoms with E-state index in [1.54, 1.807) is 10.4 Å². The van der Waals surface area contributed by atoms with Crippen molar-refractivity contribution in [1.82, 2.24) is 9.21 Å². The lowest BCUT2D eigenvalue weighted by Gasteiger charge is -2.36. The fourth-order valence-corrected chi connectivity index (χ4v) is 4.32. The van der Waals surface area contributed by atoms with Gasteiger partial charge in [-0.2, -0.15) is 4.31 Å². The van der Waals surface area contributed by atoms with E-state index in [-0.39, 0.29) is 0 Å². The zero-order valence-electron chi connectivity index (χ0n) is 12.8. The molecule has 1 aromatic rings. The quantitative estimate of drug-likeness (QED) is 0.857. The predicted octanol–water partition coefficient (Wildman–Crippen LogP) is 2.02. The summed E-state index contributed by atoms with van der Waals surface area (Å²) in [7, 11) is -3.35. The van der Waals surface area contributed by atoms with Crippen LogP contribution in [0.25, 0.3) is 0 Å². The van der Waals surface area contributed by atoms with Crippen LogP contribution in [0, 0.1) is 13.8 Å². The van der Waals surface area contributed by atoms with Crippen LogP contribution in [-0.2, 0) is 10.0 Å². The average Bonchev–Trinajstić information content (AvgIpc) is 2.38. The second-order valence-electron chi connectivity index (χ2n) is 5.80. The summed E-state index contributed by atoms with van der Waals surface area (Å²) in [6.45, 7) is 10.9. The fourth-order valence-electron chi connectivity index (χ4n) is 2.69. The molecule has 0 amide bonds. The number of hydrogen-bond acceptors (Lipinski definition) is 3. The van der Waals surface area contributed by atoms with Gasteiger partial charge in [-0.25, -0.2) is 8.42 Å². The summed E-state index contributed by atoms with van der Waals surface area (Å²) in [5.74, 6) is 0. The molecule has 5 heteroatoms. The molecule has 0 radical (unpaired) electrons. The number of piperazine rings is 1. The van der Waals surface area contributed by atoms with E-state index in [1.165, 1.54) is 0 Å². The molecule has 0 N–H and O–H groups in total. The molecule has 1 heterocycles. The lowest BCUT2D eigenvalue weighted by Crippen LogP contribution is -2.50. The molecule has 0 saturated carbocycles. The van der Waals surface area contributed by atoms with Gasteiger partial charge in [0.1, 0.15) is 0 Å². The van der Waals surface area contributed by atoms with Crippen LogP contribution >= 0.6 is 0 Å². The van der Waals surface area contributed by atoms with Crippen molar-refractivity contribution < 1.29 is 8.42 Å². The van der Waals surface area contributed by atoms with Crippen molar-refractivity contribution in [3.8, 4) is 0 Å². The van der Waals surface area contributed by atoms with Gasteiger partial charge in [0.2, 0.25) is 10.0 Å². The number of rotatable bonds is 3. The van der Waals surface area contributed by atoms with Gasteiger partial charge in [0.05, 0.1) is 4.90 Å². The highest BCUT2D eigenvalue weighted by Crippen LogP contribution is 2.22. The summed E-state index contributed by atoms with van der Waals surface area (Å²) in [4.78, 5) is 2.76. The van der Waals surface area contributed by atoms with Gasteiger partial charge in [-0.1, -0.05) is 17.7 Å². The molecule has 20 heavy (non-hydrogen) atoms. The third kappa shape index (κ3) is 3.05. The molecule has 1 aromatic carbocycles. The van der Waals surface area contributed by atoms with Gasteiger partial charge in [0, 0.05) is 32.2 Å². The third-order valence-electron chi connectivity index (χ3n) is 3.95. The number of benzene rings is 1. The van der Waals surface area contributed by atoms with Crippen LogP contribution in [0.3, 0.4) is 0 Å². The first-order valence-corrected chi connectivity index (χ1v) is 8.58. The van der Waals surface area contributed by atoms with E-state index in [9.17, 15) is 8.42 Å². The molecule has 1 aliphatic heterocycles. The van der Waals surface area contributed by atoms with Crippen molar-refractivity contribution >= 4 is 10.0 Å². The van der Waals surface area contributed by atoms with Gasteiger partial charge in [-0.3, -0.25) is 4.90 Å². The van der Waals surface area contributed by atoms with Crippen LogP contribution in [0.2, 0.25) is 0 Å². The molecular weight excluding hydrogens is 272 g/mol. The molecule has 0 unspecified atom stereocenters. The van der Waals surface area contributed by atoms with Gasteiger partial charge in [-0.05, 0) is 39.3 Å². The molecule has 1 saturated heterocycles. The topological polar surface area (TPSA) is 40.6 Å². The zero-order chi connectivity index (χ0) is 14.9. The summed E-state index contributed by atoms with van der Waals surface area (Å²) in [5, 5.41) is 0. The van der Waals surface area contributed by atoms with Crippen molar-refractivity contribution in [2.24, 2.45) is 0 Å². The van der Waals surface area contributed by atoms with Crippen molar-refractivity contribution in [3.05, 3.63) is 29.3 Å². The smallest absolute Gasteiger partial charge is 0.243 e. The second-order valence-corrected chi connectivity index (χ2v) is 7.71. The Kier molecular flexibility index (Phi) is 4.52. The SMILES string of the molecule is Cc1ccc(S(=O)(=O)N2CCN(C(C)C)CC2)c(C)c1. The molecule has 0 spiro atoms. The minimum Gasteiger partial charge on any atom is -0.298 e. The van der Waals surface area contributed by atoms with E-state index in [4.69, 9.17) is 0 Å². The number of hydrogen-bond donors (Lipinski definition) is 0. The Balaban J connectivity index is 2.20. The van der Waals surface area contributed by atoms with Crippen LogP contribution in [0.15, 0.2) is 23.1 Å². The molecule has 4 nitrogen and oxygen atoms in total. The van der Waals surface area contributed by atoms with E-state index < -0.39 is 10.0 Å². The maximum absolute atomic E-state index is 12.7. The summed E-state index contributed by atoms with van der Waals surface area (Å²) in [5.41, 5.74) is 1.92. The number of aryl methyl sites for hydroxylation is 2. The highest BCUT2D eigenvalue weighted by atomic mass is 32.2. The molecule has 0 aliphatic carbocycles. The second kappa shape index (κ2) is 5.84. The Morgan fingerprint density at radius 1 is 1.05 bits per heavy atom. The van der Waals surface area contributed by atoms with E-state index in [2.05, 4.69) is 18.7 Å². The lowest BCUT2D eigenvalue weighted by atomic mass is 10.2. The minimum absolute atomic E-state index is 0.445. The monoisotopic (exact) mass is 296 g/mol. The Labute approximate surface area is 122 Å². The minimum atomic E-state index is -3.35. The van der Waals surface area contributed by atoms with Gasteiger partial charge in [0.25, 0.3) is 0 Å². The normalized spacial score (nSPS) is 18.6. The first kappa shape index (κ1) is 15.5. The predicted molar refractivity (Wildman–Crippen MR) is 81.4 cm³/mol. The first-order chi connectivity index (χ1) is 9.32. The summed E-state index contributed by atoms with van der Waals surface area (Å²) in [6, 6.07) is 6.00. The van der Waals surface area contributed by atoms with Gasteiger partial charge >= 0.3 is 0 Å². The average molecular weight is 296 g/mol. The van der Waals surface area contributed by atoms with Crippen LogP contribution < -0.4 is 0 Å². The Morgan fingerprint density at radius 3 is 2.15 bits per heavy atom. The van der Waals surface area contributed by atoms with Crippen LogP contribution in [-0.4, -0.2) is 49.8 Å². The molecule has 0 aromatic heterocycles. The lowest BCUT2D eigenvalue weighted by molar-refractivity contribution is 0.154. The van der Waals surface area contributed by atoms with E-state index in [0.29, 0.717) is 24.0 Å². The van der Waals surface area contributed by atoms with Crippen molar-refractivity contribution in [2.75, 3.05) is 26.2 Å². The molecule has 0 atom stereocenters. The highest BCUT2D eigenvalue weighted by molar-refractivity contribution is 7.89. The Morgan fingerprint density at radius 2 is 1.65 bits per heavy atom. The van der Waals surface area contributed by atoms with Crippen molar-refractivity contribution in [1.29, 1.82) is 0 Å². The standard InChI is InChI=1S/C15H24N2O2S/c1-12(2)16-7-9-17(10-8-16)20(18,19)15-6-5-13(3)11-14(15)4/h5-6,11-12H,7-10H2,1-4H3. The van der Waals surface area contributed by atoms with Gasteiger partial charge in [0.15, 0.2) is 0 Å². The molecule has 112 valence electrons. The summed E-state index contributed by atoms with van der Waals surface area (Å²) < 4.78 is 27.0. The fraction of sp³-hybridized carbons (Fsp3) is 0.600. The molecular formula is C15H24N2O2S. The molecule has 1 aliphatic rings. The zero-order valence-corrected chi connectivity index (χ0v) is 13.6. The van der Waals surface area contributed by atoms with Crippen LogP contribution in [0.5, 0.6) is 0 Å². The largest absolute Gasteiger partial charge is 0.298 e. The maximum atomic E-state index is 12.7. The summed E-state index contributed by atoms with van der Waals surface area (Å²) in [6.07, 6.45) is 0. The van der Waals surface area contributed by atoms with Crippen molar-refractivity contribution in [3.63, 3.8) is 0 Å². The number of nitrogens with zero attached hydrogens (tertiary/aromatic N) is 2. The van der Waals surface area contributed by atoms with E-state index in [1.807, 2.05) is 26.0 Å². The van der Waals surface area contributed by atoms with Crippen molar-refractivity contribution in [2.45, 2.75) is 38.6 Å². The molecule has 2 rings (SSSR count). The number of sulfonamides is 1. The molecule has 0 bridgehead atoms. The van der Waals surface area contributed by atoms with E-state index in [0.717, 1.165) is 24.2 Å². The first-order valence-electron chi connectivity index (χ1n) is 7.14. The maximum Gasteiger partial charge on any atom is 0.243 e. The van der Waals surface area contributed by atoms with Crippen LogP contribution in [0.4, 0.5) is 0 Å².